The summed E-state index contributed by atoms with van der Waals surface area (Å²) in [6.07, 6.45) is 2.75. The van der Waals surface area contributed by atoms with E-state index < -0.39 is 21.7 Å². The number of benzene rings is 1. The molecule has 1 rings (SSSR count). The summed E-state index contributed by atoms with van der Waals surface area (Å²) < 4.78 is 39.1. The van der Waals surface area contributed by atoms with E-state index in [1.54, 1.807) is 13.8 Å². The molecule has 0 aliphatic carbocycles. The van der Waals surface area contributed by atoms with Crippen LogP contribution in [0.5, 0.6) is 0 Å². The van der Waals surface area contributed by atoms with Crippen LogP contribution in [-0.2, 0) is 14.8 Å². The Kier molecular flexibility index (Phi) is 5.15. The van der Waals surface area contributed by atoms with Gasteiger partial charge in [-0.2, -0.15) is 0 Å². The van der Waals surface area contributed by atoms with Crippen molar-refractivity contribution in [1.82, 2.24) is 4.72 Å². The molecule has 0 aliphatic heterocycles. The Bertz CT molecular complexity index is 679. The van der Waals surface area contributed by atoms with E-state index in [4.69, 9.17) is 0 Å². The standard InChI is InChI=1S/C13H15FN2O3S/c1-4-11(15-5-2)13(17)16-20(18,19)12-8-10(14)7-6-9(12)3/h4-8H,1-3H3,(H,16,17)/b11-4-,15-5?. The van der Waals surface area contributed by atoms with Crippen LogP contribution < -0.4 is 4.72 Å². The molecule has 1 N–H and O–H groups in total. The lowest BCUT2D eigenvalue weighted by Crippen LogP contribution is -2.31. The maximum atomic E-state index is 13.1. The smallest absolute Gasteiger partial charge is 0.266 e. The van der Waals surface area contributed by atoms with Gasteiger partial charge in [0.25, 0.3) is 15.9 Å². The van der Waals surface area contributed by atoms with Gasteiger partial charge in [0, 0.05) is 6.21 Å². The first-order valence-corrected chi connectivity index (χ1v) is 7.28. The first-order valence-electron chi connectivity index (χ1n) is 5.80. The van der Waals surface area contributed by atoms with Crippen molar-refractivity contribution in [1.29, 1.82) is 0 Å². The van der Waals surface area contributed by atoms with Crippen LogP contribution in [0, 0.1) is 12.7 Å². The minimum atomic E-state index is -4.14. The average molecular weight is 298 g/mol. The second kappa shape index (κ2) is 6.42. The molecule has 0 radical (unpaired) electrons. The lowest BCUT2D eigenvalue weighted by Gasteiger charge is -2.09. The Morgan fingerprint density at radius 2 is 2.00 bits per heavy atom. The van der Waals surface area contributed by atoms with Crippen LogP contribution in [-0.4, -0.2) is 20.5 Å². The maximum absolute atomic E-state index is 13.1. The summed E-state index contributed by atoms with van der Waals surface area (Å²) in [5.41, 5.74) is 0.304. The van der Waals surface area contributed by atoms with Gasteiger partial charge >= 0.3 is 0 Å². The highest BCUT2D eigenvalue weighted by Crippen LogP contribution is 2.16. The second-order valence-corrected chi connectivity index (χ2v) is 5.56. The summed E-state index contributed by atoms with van der Waals surface area (Å²) in [5.74, 6) is -1.56. The number of hydrogen-bond donors (Lipinski definition) is 1. The predicted molar refractivity (Wildman–Crippen MR) is 74.4 cm³/mol. The number of carbonyl (C=O) groups is 1. The minimum Gasteiger partial charge on any atom is -0.266 e. The molecule has 0 saturated heterocycles. The van der Waals surface area contributed by atoms with Crippen molar-refractivity contribution in [2.75, 3.05) is 0 Å². The third kappa shape index (κ3) is 3.74. The highest BCUT2D eigenvalue weighted by atomic mass is 32.2. The Morgan fingerprint density at radius 3 is 2.55 bits per heavy atom. The fourth-order valence-corrected chi connectivity index (χ4v) is 2.71. The van der Waals surface area contributed by atoms with E-state index in [0.717, 1.165) is 12.1 Å². The van der Waals surface area contributed by atoms with E-state index in [9.17, 15) is 17.6 Å². The molecule has 5 nitrogen and oxygen atoms in total. The molecular weight excluding hydrogens is 283 g/mol. The molecule has 0 aromatic heterocycles. The quantitative estimate of drug-likeness (QED) is 0.681. The number of hydrogen-bond acceptors (Lipinski definition) is 4. The third-order valence-electron chi connectivity index (χ3n) is 2.44. The van der Waals surface area contributed by atoms with Crippen LogP contribution >= 0.6 is 0 Å². The number of sulfonamides is 1. The molecule has 0 saturated carbocycles. The average Bonchev–Trinajstić information content (AvgIpc) is 2.37. The van der Waals surface area contributed by atoms with Crippen LogP contribution in [0.25, 0.3) is 0 Å². The SMILES string of the molecule is CC=N/C(=C\C)C(=O)NS(=O)(=O)c1cc(F)ccc1C. The van der Waals surface area contributed by atoms with Crippen molar-refractivity contribution in [2.24, 2.45) is 4.99 Å². The molecule has 7 heteroatoms. The zero-order valence-corrected chi connectivity index (χ0v) is 12.2. The molecule has 0 atom stereocenters. The second-order valence-electron chi connectivity index (χ2n) is 3.91. The van der Waals surface area contributed by atoms with Gasteiger partial charge in [-0.3, -0.25) is 9.79 Å². The highest BCUT2D eigenvalue weighted by Gasteiger charge is 2.22. The van der Waals surface area contributed by atoms with Crippen molar-refractivity contribution in [2.45, 2.75) is 25.7 Å². The fourth-order valence-electron chi connectivity index (χ4n) is 1.50. The van der Waals surface area contributed by atoms with Gasteiger partial charge in [-0.25, -0.2) is 17.5 Å². The van der Waals surface area contributed by atoms with E-state index in [-0.39, 0.29) is 10.6 Å². The number of amides is 1. The zero-order valence-electron chi connectivity index (χ0n) is 11.3. The van der Waals surface area contributed by atoms with Crippen LogP contribution in [0.4, 0.5) is 4.39 Å². The Morgan fingerprint density at radius 1 is 1.35 bits per heavy atom. The van der Waals surface area contributed by atoms with Crippen molar-refractivity contribution in [3.05, 3.63) is 41.4 Å². The van der Waals surface area contributed by atoms with Gasteiger partial charge in [0.15, 0.2) is 0 Å². The number of nitrogens with zero attached hydrogens (tertiary/aromatic N) is 1. The fraction of sp³-hybridized carbons (Fsp3) is 0.231. The summed E-state index contributed by atoms with van der Waals surface area (Å²) in [6, 6.07) is 3.34. The number of nitrogens with one attached hydrogen (secondary N) is 1. The van der Waals surface area contributed by atoms with Crippen molar-refractivity contribution in [3.63, 3.8) is 0 Å². The van der Waals surface area contributed by atoms with E-state index in [0.29, 0.717) is 5.56 Å². The van der Waals surface area contributed by atoms with E-state index in [1.165, 1.54) is 25.3 Å². The van der Waals surface area contributed by atoms with E-state index >= 15 is 0 Å². The molecule has 0 heterocycles. The molecule has 108 valence electrons. The lowest BCUT2D eigenvalue weighted by molar-refractivity contribution is -0.115. The van der Waals surface area contributed by atoms with Gasteiger partial charge in [0.05, 0.1) is 4.90 Å². The number of aryl methyl sites for hydroxylation is 1. The van der Waals surface area contributed by atoms with E-state index in [2.05, 4.69) is 4.99 Å². The molecular formula is C13H15FN2O3S. The number of rotatable bonds is 4. The zero-order chi connectivity index (χ0) is 15.3. The van der Waals surface area contributed by atoms with Gasteiger partial charge in [-0.05, 0) is 38.5 Å². The van der Waals surface area contributed by atoms with E-state index in [1.807, 2.05) is 4.72 Å². The van der Waals surface area contributed by atoms with Gasteiger partial charge in [0.1, 0.15) is 11.5 Å². The molecule has 0 spiro atoms. The number of halogens is 1. The van der Waals surface area contributed by atoms with Gasteiger partial charge in [-0.1, -0.05) is 12.1 Å². The van der Waals surface area contributed by atoms with Crippen molar-refractivity contribution in [3.8, 4) is 0 Å². The monoisotopic (exact) mass is 298 g/mol. The number of carbonyl (C=O) groups excluding carboxylic acids is 1. The molecule has 20 heavy (non-hydrogen) atoms. The summed E-state index contributed by atoms with van der Waals surface area (Å²) in [7, 11) is -4.14. The Hall–Kier alpha value is -2.02. The molecule has 1 aromatic carbocycles. The van der Waals surface area contributed by atoms with Crippen LogP contribution in [0.1, 0.15) is 19.4 Å². The van der Waals surface area contributed by atoms with Crippen LogP contribution in [0.2, 0.25) is 0 Å². The summed E-state index contributed by atoms with van der Waals surface area (Å²) in [5, 5.41) is 0. The lowest BCUT2D eigenvalue weighted by atomic mass is 10.2. The Labute approximate surface area is 117 Å². The molecule has 0 fully saturated rings. The van der Waals surface area contributed by atoms with Crippen LogP contribution in [0.3, 0.4) is 0 Å². The van der Waals surface area contributed by atoms with Gasteiger partial charge in [0.2, 0.25) is 0 Å². The van der Waals surface area contributed by atoms with Gasteiger partial charge in [-0.15, -0.1) is 0 Å². The van der Waals surface area contributed by atoms with Gasteiger partial charge < -0.3 is 0 Å². The van der Waals surface area contributed by atoms with Crippen LogP contribution in [0.15, 0.2) is 39.9 Å². The normalized spacial score (nSPS) is 12.7. The molecule has 1 amide bonds. The molecule has 0 bridgehead atoms. The molecule has 0 unspecified atom stereocenters. The maximum Gasteiger partial charge on any atom is 0.283 e. The third-order valence-corrected chi connectivity index (χ3v) is 3.91. The number of aliphatic imine (C=N–C) groups is 1. The topological polar surface area (TPSA) is 75.6 Å². The first-order chi connectivity index (χ1) is 9.31. The first kappa shape index (κ1) is 16.0. The largest absolute Gasteiger partial charge is 0.283 e. The Balaban J connectivity index is 3.13. The number of allylic oxidation sites excluding steroid dienone is 1. The van der Waals surface area contributed by atoms with Crippen molar-refractivity contribution < 1.29 is 17.6 Å². The summed E-state index contributed by atoms with van der Waals surface area (Å²) in [4.78, 5) is 15.3. The molecule has 1 aromatic rings. The predicted octanol–water partition coefficient (Wildman–Crippen LogP) is 1.93. The van der Waals surface area contributed by atoms with Crippen molar-refractivity contribution >= 4 is 22.1 Å². The molecule has 0 aliphatic rings. The highest BCUT2D eigenvalue weighted by molar-refractivity contribution is 7.90. The summed E-state index contributed by atoms with van der Waals surface area (Å²) >= 11 is 0. The minimum absolute atomic E-state index is 0.0369. The summed E-state index contributed by atoms with van der Waals surface area (Å²) in [6.45, 7) is 4.67.